The minimum atomic E-state index is -0.149. The number of hydrogen-bond acceptors (Lipinski definition) is 5. The van der Waals surface area contributed by atoms with Crippen molar-refractivity contribution in [3.63, 3.8) is 0 Å². The van der Waals surface area contributed by atoms with E-state index in [9.17, 15) is 4.79 Å². The summed E-state index contributed by atoms with van der Waals surface area (Å²) in [5.74, 6) is -0.149. The van der Waals surface area contributed by atoms with Crippen LogP contribution in [0.25, 0.3) is 5.65 Å². The first-order valence-electron chi connectivity index (χ1n) is 7.13. The SMILES string of the molecule is CN1c2cnccc2CCN1C(=O)c1cc2ncc(Br)cn2n1. The second-order valence-electron chi connectivity index (χ2n) is 5.31. The molecular weight excluding hydrogens is 360 g/mol. The Kier molecular flexibility index (Phi) is 3.26. The number of amides is 1. The summed E-state index contributed by atoms with van der Waals surface area (Å²) in [7, 11) is 1.86. The molecule has 0 fully saturated rings. The van der Waals surface area contributed by atoms with Crippen molar-refractivity contribution < 1.29 is 4.79 Å². The van der Waals surface area contributed by atoms with Crippen LogP contribution in [0.15, 0.2) is 41.4 Å². The molecule has 1 aliphatic rings. The van der Waals surface area contributed by atoms with Crippen molar-refractivity contribution in [1.29, 1.82) is 0 Å². The number of pyridine rings is 1. The number of carbonyl (C=O) groups excluding carboxylic acids is 1. The Morgan fingerprint density at radius 2 is 2.22 bits per heavy atom. The molecule has 0 N–H and O–H groups in total. The molecule has 1 amide bonds. The van der Waals surface area contributed by atoms with Crippen LogP contribution in [0.1, 0.15) is 16.1 Å². The highest BCUT2D eigenvalue weighted by molar-refractivity contribution is 9.10. The van der Waals surface area contributed by atoms with Crippen molar-refractivity contribution in [2.45, 2.75) is 6.42 Å². The molecule has 23 heavy (non-hydrogen) atoms. The highest BCUT2D eigenvalue weighted by atomic mass is 79.9. The Morgan fingerprint density at radius 1 is 1.35 bits per heavy atom. The Bertz CT molecular complexity index is 908. The summed E-state index contributed by atoms with van der Waals surface area (Å²) in [6.07, 6.45) is 7.80. The van der Waals surface area contributed by atoms with Crippen LogP contribution in [0.4, 0.5) is 5.69 Å². The van der Waals surface area contributed by atoms with Crippen molar-refractivity contribution in [2.24, 2.45) is 0 Å². The summed E-state index contributed by atoms with van der Waals surface area (Å²) in [6.45, 7) is 0.608. The lowest BCUT2D eigenvalue weighted by Crippen LogP contribution is -2.48. The van der Waals surface area contributed by atoms with Crippen molar-refractivity contribution in [2.75, 3.05) is 18.6 Å². The molecule has 0 saturated heterocycles. The maximum atomic E-state index is 12.8. The molecule has 116 valence electrons. The second-order valence-corrected chi connectivity index (χ2v) is 6.23. The molecule has 0 saturated carbocycles. The van der Waals surface area contributed by atoms with E-state index in [0.29, 0.717) is 17.9 Å². The number of anilines is 1. The van der Waals surface area contributed by atoms with Crippen LogP contribution in [0.5, 0.6) is 0 Å². The van der Waals surface area contributed by atoms with E-state index in [1.807, 2.05) is 18.1 Å². The van der Waals surface area contributed by atoms with Gasteiger partial charge < -0.3 is 0 Å². The second kappa shape index (κ2) is 5.31. The quantitative estimate of drug-likeness (QED) is 0.652. The van der Waals surface area contributed by atoms with E-state index in [1.54, 1.807) is 40.4 Å². The third-order valence-electron chi connectivity index (χ3n) is 3.93. The predicted octanol–water partition coefficient (Wildman–Crippen LogP) is 1.94. The van der Waals surface area contributed by atoms with Crippen molar-refractivity contribution in [1.82, 2.24) is 24.6 Å². The maximum Gasteiger partial charge on any atom is 0.292 e. The first kappa shape index (κ1) is 14.1. The van der Waals surface area contributed by atoms with Gasteiger partial charge in [-0.1, -0.05) is 0 Å². The summed E-state index contributed by atoms with van der Waals surface area (Å²) < 4.78 is 2.40. The molecule has 0 bridgehead atoms. The first-order valence-corrected chi connectivity index (χ1v) is 7.92. The van der Waals surface area contributed by atoms with Gasteiger partial charge in [-0.2, -0.15) is 5.10 Å². The molecule has 0 unspecified atom stereocenters. The van der Waals surface area contributed by atoms with Crippen molar-refractivity contribution in [3.05, 3.63) is 52.7 Å². The summed E-state index contributed by atoms with van der Waals surface area (Å²) in [5.41, 5.74) is 3.14. The maximum absolute atomic E-state index is 12.8. The van der Waals surface area contributed by atoms with Gasteiger partial charge in [-0.3, -0.25) is 14.8 Å². The number of fused-ring (bicyclic) bond motifs is 2. The van der Waals surface area contributed by atoms with Gasteiger partial charge in [0.1, 0.15) is 0 Å². The van der Waals surface area contributed by atoms with Crippen molar-refractivity contribution in [3.8, 4) is 0 Å². The number of aromatic nitrogens is 4. The fourth-order valence-corrected chi connectivity index (χ4v) is 3.05. The van der Waals surface area contributed by atoms with E-state index in [0.717, 1.165) is 16.6 Å². The summed E-state index contributed by atoms with van der Waals surface area (Å²) >= 11 is 3.35. The molecule has 3 aromatic rings. The van der Waals surface area contributed by atoms with Gasteiger partial charge in [0.05, 0.1) is 16.4 Å². The number of carbonyl (C=O) groups is 1. The van der Waals surface area contributed by atoms with E-state index < -0.39 is 0 Å². The molecule has 1 aliphatic heterocycles. The number of hydrogen-bond donors (Lipinski definition) is 0. The zero-order valence-corrected chi connectivity index (χ0v) is 13.9. The third kappa shape index (κ3) is 2.35. The Morgan fingerprint density at radius 3 is 3.09 bits per heavy atom. The van der Waals surface area contributed by atoms with Gasteiger partial charge in [-0.25, -0.2) is 14.5 Å². The zero-order chi connectivity index (χ0) is 16.0. The van der Waals surface area contributed by atoms with Gasteiger partial charge in [0.2, 0.25) is 0 Å². The molecule has 4 rings (SSSR count). The largest absolute Gasteiger partial charge is 0.292 e. The zero-order valence-electron chi connectivity index (χ0n) is 12.3. The summed E-state index contributed by atoms with van der Waals surface area (Å²) in [4.78, 5) is 21.2. The molecule has 0 radical (unpaired) electrons. The fourth-order valence-electron chi connectivity index (χ4n) is 2.75. The van der Waals surface area contributed by atoms with Gasteiger partial charge in [0, 0.05) is 38.2 Å². The Hall–Kier alpha value is -2.48. The molecule has 0 spiro atoms. The Balaban J connectivity index is 1.68. The third-order valence-corrected chi connectivity index (χ3v) is 4.34. The van der Waals surface area contributed by atoms with Crippen LogP contribution in [0.3, 0.4) is 0 Å². The molecule has 8 heteroatoms. The smallest absolute Gasteiger partial charge is 0.284 e. The summed E-state index contributed by atoms with van der Waals surface area (Å²) in [5, 5.41) is 7.85. The van der Waals surface area contributed by atoms with Gasteiger partial charge in [0.25, 0.3) is 5.91 Å². The molecule has 3 aromatic heterocycles. The minimum Gasteiger partial charge on any atom is -0.284 e. The van der Waals surface area contributed by atoms with Crippen LogP contribution < -0.4 is 5.01 Å². The molecular formula is C15H13BrN6O. The lowest BCUT2D eigenvalue weighted by atomic mass is 10.1. The Labute approximate surface area is 140 Å². The number of rotatable bonds is 1. The van der Waals surface area contributed by atoms with Crippen LogP contribution >= 0.6 is 15.9 Å². The first-order chi connectivity index (χ1) is 11.1. The van der Waals surface area contributed by atoms with E-state index in [-0.39, 0.29) is 5.91 Å². The number of nitrogens with zero attached hydrogens (tertiary/aromatic N) is 6. The fraction of sp³-hybridized carbons (Fsp3) is 0.200. The van der Waals surface area contributed by atoms with E-state index in [4.69, 9.17) is 0 Å². The molecule has 4 heterocycles. The monoisotopic (exact) mass is 372 g/mol. The lowest BCUT2D eigenvalue weighted by Gasteiger charge is -2.37. The highest BCUT2D eigenvalue weighted by Crippen LogP contribution is 2.26. The number of hydrazine groups is 1. The van der Waals surface area contributed by atoms with Crippen LogP contribution in [0, 0.1) is 0 Å². The topological polar surface area (TPSA) is 66.6 Å². The number of halogens is 1. The van der Waals surface area contributed by atoms with E-state index in [1.165, 1.54) is 5.56 Å². The van der Waals surface area contributed by atoms with Crippen LogP contribution in [0.2, 0.25) is 0 Å². The molecule has 7 nitrogen and oxygen atoms in total. The van der Waals surface area contributed by atoms with Crippen LogP contribution in [-0.2, 0) is 6.42 Å². The van der Waals surface area contributed by atoms with Gasteiger partial charge in [0.15, 0.2) is 11.3 Å². The van der Waals surface area contributed by atoms with Crippen LogP contribution in [-0.4, -0.2) is 44.1 Å². The standard InChI is InChI=1S/C15H13BrN6O/c1-20-13-8-17-4-2-10(13)3-5-22(20)15(23)12-6-14-18-7-11(16)9-21(14)19-12/h2,4,6-9H,3,5H2,1H3. The van der Waals surface area contributed by atoms with Gasteiger partial charge in [-0.15, -0.1) is 0 Å². The van der Waals surface area contributed by atoms with Gasteiger partial charge in [-0.05, 0) is 34.0 Å². The van der Waals surface area contributed by atoms with E-state index in [2.05, 4.69) is 31.0 Å². The van der Waals surface area contributed by atoms with E-state index >= 15 is 0 Å². The van der Waals surface area contributed by atoms with Crippen molar-refractivity contribution >= 4 is 33.2 Å². The summed E-state index contributed by atoms with van der Waals surface area (Å²) in [6, 6.07) is 3.68. The average molecular weight is 373 g/mol. The average Bonchev–Trinajstić information content (AvgIpc) is 2.98. The van der Waals surface area contributed by atoms with Gasteiger partial charge >= 0.3 is 0 Å². The normalized spacial score (nSPS) is 14.2. The molecule has 0 atom stereocenters. The minimum absolute atomic E-state index is 0.149. The molecule has 0 aromatic carbocycles. The lowest BCUT2D eigenvalue weighted by molar-refractivity contribution is 0.0732. The highest BCUT2D eigenvalue weighted by Gasteiger charge is 2.28. The predicted molar refractivity (Wildman–Crippen MR) is 88.1 cm³/mol. The molecule has 0 aliphatic carbocycles.